The molecule has 0 atom stereocenters. The normalized spacial score (nSPS) is 29.4. The molecule has 0 aromatic carbocycles. The lowest BCUT2D eigenvalue weighted by Gasteiger charge is -2.08. The largest absolute Gasteiger partial charge is 0.0530 e. The van der Waals surface area contributed by atoms with Gasteiger partial charge in [-0.15, -0.1) is 0 Å². The number of allylic oxidation sites excluding steroid dienone is 2. The molecule has 0 aliphatic heterocycles. The van der Waals surface area contributed by atoms with E-state index in [0.29, 0.717) is 0 Å². The van der Waals surface area contributed by atoms with Gasteiger partial charge < -0.3 is 0 Å². The summed E-state index contributed by atoms with van der Waals surface area (Å²) in [5, 5.41) is 0. The highest BCUT2D eigenvalue weighted by molar-refractivity contribution is 14.1. The Balaban J connectivity index is 2.51. The van der Waals surface area contributed by atoms with Gasteiger partial charge in [-0.2, -0.15) is 0 Å². The molecule has 0 bridgehead atoms. The summed E-state index contributed by atoms with van der Waals surface area (Å²) in [6.45, 7) is 0. The highest BCUT2D eigenvalue weighted by atomic mass is 127. The van der Waals surface area contributed by atoms with Crippen LogP contribution < -0.4 is 0 Å². The van der Waals surface area contributed by atoms with E-state index in [-0.39, 0.29) is 0 Å². The topological polar surface area (TPSA) is 0 Å². The summed E-state index contributed by atoms with van der Waals surface area (Å²) in [6.07, 6.45) is 8.36. The van der Waals surface area contributed by atoms with Crippen LogP contribution in [0.5, 0.6) is 0 Å². The first-order valence-corrected chi connectivity index (χ1v) is 5.99. The van der Waals surface area contributed by atoms with Crippen LogP contribution in [0.4, 0.5) is 0 Å². The Morgan fingerprint density at radius 2 is 1.10 bits per heavy atom. The summed E-state index contributed by atoms with van der Waals surface area (Å²) < 4.78 is 3.22. The summed E-state index contributed by atoms with van der Waals surface area (Å²) in [5.41, 5.74) is 0. The average Bonchev–Trinajstić information content (AvgIpc) is 1.92. The van der Waals surface area contributed by atoms with Crippen molar-refractivity contribution in [3.05, 3.63) is 7.16 Å². The molecule has 0 aromatic heterocycles. The Morgan fingerprint density at radius 1 is 0.700 bits per heavy atom. The van der Waals surface area contributed by atoms with Crippen LogP contribution in [0.1, 0.15) is 38.5 Å². The molecule has 0 amide bonds. The zero-order valence-corrected chi connectivity index (χ0v) is 10.3. The second kappa shape index (κ2) is 4.95. The van der Waals surface area contributed by atoms with E-state index >= 15 is 0 Å². The van der Waals surface area contributed by atoms with Gasteiger partial charge in [-0.05, 0) is 78.0 Å². The van der Waals surface area contributed by atoms with Crippen LogP contribution in [-0.2, 0) is 0 Å². The summed E-state index contributed by atoms with van der Waals surface area (Å²) in [5.74, 6) is 0. The molecule has 0 heterocycles. The molecule has 0 aromatic rings. The Hall–Kier alpha value is 1.20. The van der Waals surface area contributed by atoms with Gasteiger partial charge in [0.15, 0.2) is 0 Å². The van der Waals surface area contributed by atoms with E-state index in [4.69, 9.17) is 0 Å². The fourth-order valence-corrected chi connectivity index (χ4v) is 2.49. The zero-order chi connectivity index (χ0) is 7.40. The maximum Gasteiger partial charge on any atom is -0.000142 e. The van der Waals surface area contributed by atoms with Crippen LogP contribution in [0.3, 0.4) is 0 Å². The van der Waals surface area contributed by atoms with Gasteiger partial charge in [-0.1, -0.05) is 12.8 Å². The number of hydrogen-bond acceptors (Lipinski definition) is 0. The van der Waals surface area contributed by atoms with Crippen LogP contribution in [-0.4, -0.2) is 0 Å². The van der Waals surface area contributed by atoms with E-state index in [1.807, 2.05) is 0 Å². The third kappa shape index (κ3) is 3.07. The molecule has 2 heteroatoms. The lowest BCUT2D eigenvalue weighted by Crippen LogP contribution is -1.87. The lowest BCUT2D eigenvalue weighted by atomic mass is 10.1. The smallest absolute Gasteiger partial charge is 0.000142 e. The summed E-state index contributed by atoms with van der Waals surface area (Å²) in [6, 6.07) is 0. The minimum absolute atomic E-state index is 1.33. The van der Waals surface area contributed by atoms with Crippen molar-refractivity contribution >= 4 is 45.2 Å². The van der Waals surface area contributed by atoms with Crippen molar-refractivity contribution in [1.29, 1.82) is 0 Å². The highest BCUT2D eigenvalue weighted by Gasteiger charge is 2.04. The lowest BCUT2D eigenvalue weighted by molar-refractivity contribution is 0.635. The Morgan fingerprint density at radius 3 is 1.50 bits per heavy atom. The van der Waals surface area contributed by atoms with Crippen LogP contribution in [0.2, 0.25) is 0 Å². The molecule has 0 fully saturated rings. The average molecular weight is 362 g/mol. The molecule has 0 nitrogen and oxygen atoms in total. The van der Waals surface area contributed by atoms with Crippen molar-refractivity contribution in [2.45, 2.75) is 38.5 Å². The monoisotopic (exact) mass is 362 g/mol. The van der Waals surface area contributed by atoms with E-state index in [0.717, 1.165) is 0 Å². The Kier molecular flexibility index (Phi) is 4.60. The molecule has 1 rings (SSSR count). The minimum Gasteiger partial charge on any atom is -0.0530 e. The highest BCUT2D eigenvalue weighted by Crippen LogP contribution is 2.30. The van der Waals surface area contributed by atoms with Gasteiger partial charge in [-0.25, -0.2) is 0 Å². The van der Waals surface area contributed by atoms with Gasteiger partial charge in [-0.3, -0.25) is 0 Å². The van der Waals surface area contributed by atoms with Crippen LogP contribution in [0.25, 0.3) is 0 Å². The summed E-state index contributed by atoms with van der Waals surface area (Å²) in [7, 11) is 0. The molecular formula is C8H12I2. The number of rotatable bonds is 0. The first-order valence-electron chi connectivity index (χ1n) is 3.84. The van der Waals surface area contributed by atoms with Crippen molar-refractivity contribution in [2.24, 2.45) is 0 Å². The molecule has 0 N–H and O–H groups in total. The van der Waals surface area contributed by atoms with Crippen LogP contribution in [0.15, 0.2) is 7.16 Å². The van der Waals surface area contributed by atoms with Gasteiger partial charge in [0, 0.05) is 0 Å². The molecule has 0 saturated heterocycles. The fraction of sp³-hybridized carbons (Fsp3) is 0.750. The van der Waals surface area contributed by atoms with Gasteiger partial charge in [0.2, 0.25) is 0 Å². The maximum absolute atomic E-state index is 2.50. The van der Waals surface area contributed by atoms with Crippen molar-refractivity contribution in [1.82, 2.24) is 0 Å². The van der Waals surface area contributed by atoms with E-state index in [1.54, 1.807) is 7.16 Å². The zero-order valence-electron chi connectivity index (χ0n) is 6.00. The Labute approximate surface area is 90.1 Å². The van der Waals surface area contributed by atoms with Crippen molar-refractivity contribution in [3.63, 3.8) is 0 Å². The van der Waals surface area contributed by atoms with Crippen LogP contribution in [0, 0.1) is 0 Å². The van der Waals surface area contributed by atoms with Gasteiger partial charge in [0.05, 0.1) is 0 Å². The molecule has 0 radical (unpaired) electrons. The molecular weight excluding hydrogens is 350 g/mol. The second-order valence-corrected chi connectivity index (χ2v) is 5.33. The quantitative estimate of drug-likeness (QED) is 0.560. The molecule has 1 aliphatic carbocycles. The summed E-state index contributed by atoms with van der Waals surface area (Å²) >= 11 is 4.99. The van der Waals surface area contributed by atoms with Gasteiger partial charge >= 0.3 is 0 Å². The minimum atomic E-state index is 1.33. The fourth-order valence-electron chi connectivity index (χ4n) is 1.19. The Bertz CT molecular complexity index is 122. The van der Waals surface area contributed by atoms with Crippen molar-refractivity contribution < 1.29 is 0 Å². The third-order valence-electron chi connectivity index (χ3n) is 1.84. The van der Waals surface area contributed by atoms with Crippen molar-refractivity contribution in [3.8, 4) is 0 Å². The molecule has 10 heavy (non-hydrogen) atoms. The first kappa shape index (κ1) is 9.29. The standard InChI is InChI=1S/C8H12I2/c9-7-5-3-1-2-4-6-8(7)10/h1-6H2/b8-7-. The number of halogens is 2. The SMILES string of the molecule is I/C1=C(\I)CCCCCC1. The van der Waals surface area contributed by atoms with E-state index in [1.165, 1.54) is 38.5 Å². The molecule has 0 saturated carbocycles. The van der Waals surface area contributed by atoms with Crippen molar-refractivity contribution in [2.75, 3.05) is 0 Å². The van der Waals surface area contributed by atoms with Crippen LogP contribution >= 0.6 is 45.2 Å². The third-order valence-corrected chi connectivity index (χ3v) is 5.25. The van der Waals surface area contributed by atoms with E-state index in [2.05, 4.69) is 45.2 Å². The molecule has 58 valence electrons. The predicted octanol–water partition coefficient (Wildman–Crippen LogP) is 4.42. The van der Waals surface area contributed by atoms with E-state index < -0.39 is 0 Å². The van der Waals surface area contributed by atoms with Gasteiger partial charge in [0.25, 0.3) is 0 Å². The molecule has 0 unspecified atom stereocenters. The molecule has 0 spiro atoms. The molecule has 1 aliphatic rings. The predicted molar refractivity (Wildman–Crippen MR) is 62.8 cm³/mol. The summed E-state index contributed by atoms with van der Waals surface area (Å²) in [4.78, 5) is 0. The van der Waals surface area contributed by atoms with Gasteiger partial charge in [0.1, 0.15) is 0 Å². The second-order valence-electron chi connectivity index (χ2n) is 2.72. The van der Waals surface area contributed by atoms with E-state index in [9.17, 15) is 0 Å². The maximum atomic E-state index is 2.50. The number of hydrogen-bond donors (Lipinski definition) is 0. The first-order chi connectivity index (χ1) is 4.80.